The van der Waals surface area contributed by atoms with E-state index in [-0.39, 0.29) is 0 Å². The topological polar surface area (TPSA) is 81.8 Å². The summed E-state index contributed by atoms with van der Waals surface area (Å²) in [5, 5.41) is 6.30. The van der Waals surface area contributed by atoms with Gasteiger partial charge in [0.25, 0.3) is 0 Å². The molecule has 6 nitrogen and oxygen atoms in total. The van der Waals surface area contributed by atoms with Crippen molar-refractivity contribution in [2.24, 2.45) is 10.7 Å². The molecule has 0 radical (unpaired) electrons. The number of nitrogens with two attached hydrogens (primary N) is 1. The third-order valence-corrected chi connectivity index (χ3v) is 4.84. The van der Waals surface area contributed by atoms with Crippen LogP contribution in [-0.2, 0) is 13.0 Å². The Bertz CT molecular complexity index is 713. The number of ether oxygens (including phenoxy) is 2. The van der Waals surface area contributed by atoms with Crippen molar-refractivity contribution in [2.75, 3.05) is 20.8 Å². The summed E-state index contributed by atoms with van der Waals surface area (Å²) in [5.74, 6) is 2.33. The van der Waals surface area contributed by atoms with Crippen molar-refractivity contribution in [2.45, 2.75) is 32.7 Å². The molecule has 0 saturated carbocycles. The Labute approximate surface area is 153 Å². The van der Waals surface area contributed by atoms with Crippen molar-refractivity contribution >= 4 is 17.3 Å². The third-order valence-electron chi connectivity index (χ3n) is 3.64. The van der Waals surface area contributed by atoms with Gasteiger partial charge in [-0.05, 0) is 24.1 Å². The van der Waals surface area contributed by atoms with E-state index in [1.165, 1.54) is 0 Å². The van der Waals surface area contributed by atoms with Crippen molar-refractivity contribution in [3.63, 3.8) is 0 Å². The number of rotatable bonds is 8. The number of guanidine groups is 1. The maximum Gasteiger partial charge on any atom is 0.188 e. The number of benzene rings is 1. The average Bonchev–Trinajstić information content (AvgIpc) is 3.09. The highest BCUT2D eigenvalue weighted by molar-refractivity contribution is 7.09. The minimum absolute atomic E-state index is 0.430. The Morgan fingerprint density at radius 3 is 2.68 bits per heavy atom. The molecule has 0 aliphatic rings. The summed E-state index contributed by atoms with van der Waals surface area (Å²) >= 11 is 1.67. The van der Waals surface area contributed by atoms with Gasteiger partial charge in [-0.2, -0.15) is 0 Å². The van der Waals surface area contributed by atoms with Crippen LogP contribution in [0.2, 0.25) is 0 Å². The second-order valence-electron chi connectivity index (χ2n) is 5.90. The van der Waals surface area contributed by atoms with Gasteiger partial charge in [-0.3, -0.25) is 0 Å². The van der Waals surface area contributed by atoms with E-state index in [1.807, 2.05) is 23.6 Å². The maximum atomic E-state index is 5.92. The number of methoxy groups -OCH3 is 2. The first-order valence-corrected chi connectivity index (χ1v) is 9.10. The zero-order valence-electron chi connectivity index (χ0n) is 15.2. The Morgan fingerprint density at radius 1 is 1.28 bits per heavy atom. The molecule has 0 bridgehead atoms. The number of hydrogen-bond acceptors (Lipinski definition) is 5. The maximum absolute atomic E-state index is 5.92. The number of hydrogen-bond donors (Lipinski definition) is 2. The van der Waals surface area contributed by atoms with Crippen LogP contribution < -0.4 is 20.5 Å². The van der Waals surface area contributed by atoms with E-state index < -0.39 is 0 Å². The average molecular weight is 362 g/mol. The lowest BCUT2D eigenvalue weighted by Gasteiger charge is -2.10. The van der Waals surface area contributed by atoms with Crippen molar-refractivity contribution in [3.05, 3.63) is 39.8 Å². The minimum atomic E-state index is 0.430. The fourth-order valence-corrected chi connectivity index (χ4v) is 3.08. The highest BCUT2D eigenvalue weighted by Crippen LogP contribution is 2.27. The van der Waals surface area contributed by atoms with Crippen LogP contribution in [0.3, 0.4) is 0 Å². The first-order valence-electron chi connectivity index (χ1n) is 8.22. The molecule has 1 heterocycles. The molecule has 2 rings (SSSR count). The van der Waals surface area contributed by atoms with Gasteiger partial charge in [0.05, 0.1) is 31.5 Å². The fraction of sp³-hybridized carbons (Fsp3) is 0.444. The molecule has 0 aliphatic heterocycles. The molecule has 0 spiro atoms. The van der Waals surface area contributed by atoms with Gasteiger partial charge in [0.1, 0.15) is 0 Å². The Kier molecular flexibility index (Phi) is 7.06. The molecule has 1 aromatic carbocycles. The zero-order valence-corrected chi connectivity index (χ0v) is 16.0. The minimum Gasteiger partial charge on any atom is -0.493 e. The molecule has 0 atom stereocenters. The summed E-state index contributed by atoms with van der Waals surface area (Å²) in [4.78, 5) is 8.89. The predicted molar refractivity (Wildman–Crippen MR) is 103 cm³/mol. The second kappa shape index (κ2) is 9.27. The van der Waals surface area contributed by atoms with Crippen molar-refractivity contribution in [3.8, 4) is 11.5 Å². The summed E-state index contributed by atoms with van der Waals surface area (Å²) in [6.07, 6.45) is 0.810. The monoisotopic (exact) mass is 362 g/mol. The molecule has 136 valence electrons. The summed E-state index contributed by atoms with van der Waals surface area (Å²) in [5.41, 5.74) is 8.02. The zero-order chi connectivity index (χ0) is 18.2. The van der Waals surface area contributed by atoms with Gasteiger partial charge in [-0.15, -0.1) is 11.3 Å². The highest BCUT2D eigenvalue weighted by Gasteiger charge is 2.06. The van der Waals surface area contributed by atoms with Crippen LogP contribution in [0, 0.1) is 0 Å². The van der Waals surface area contributed by atoms with Gasteiger partial charge in [0, 0.05) is 17.8 Å². The summed E-state index contributed by atoms with van der Waals surface area (Å²) < 4.78 is 10.6. The molecule has 0 fully saturated rings. The molecular weight excluding hydrogens is 336 g/mol. The molecule has 0 aliphatic carbocycles. The lowest BCUT2D eigenvalue weighted by molar-refractivity contribution is 0.354. The van der Waals surface area contributed by atoms with Gasteiger partial charge in [0.15, 0.2) is 17.5 Å². The third kappa shape index (κ3) is 5.63. The Hall–Kier alpha value is -2.28. The van der Waals surface area contributed by atoms with Crippen LogP contribution >= 0.6 is 11.3 Å². The van der Waals surface area contributed by atoms with E-state index in [4.69, 9.17) is 15.2 Å². The normalized spacial score (nSPS) is 11.6. The van der Waals surface area contributed by atoms with Crippen molar-refractivity contribution < 1.29 is 9.47 Å². The first kappa shape index (κ1) is 19.1. The lowest BCUT2D eigenvalue weighted by Crippen LogP contribution is -2.33. The molecule has 0 saturated heterocycles. The van der Waals surface area contributed by atoms with Crippen LogP contribution in [0.1, 0.15) is 36.0 Å². The standard InChI is InChI=1S/C18H26N4O2S/c1-12(2)17-22-14(11-25-17)10-21-18(19)20-8-7-13-5-6-15(23-3)16(9-13)24-4/h5-6,9,11-12H,7-8,10H2,1-4H3,(H3,19,20,21). The van der Waals surface area contributed by atoms with E-state index in [9.17, 15) is 0 Å². The molecule has 2 aromatic rings. The second-order valence-corrected chi connectivity index (χ2v) is 6.79. The lowest BCUT2D eigenvalue weighted by atomic mass is 10.1. The molecule has 0 unspecified atom stereocenters. The van der Waals surface area contributed by atoms with Gasteiger partial charge in [-0.25, -0.2) is 9.98 Å². The largest absolute Gasteiger partial charge is 0.493 e. The SMILES string of the molecule is COc1ccc(CCNC(N)=NCc2csc(C(C)C)n2)cc1OC. The summed E-state index contributed by atoms with van der Waals surface area (Å²) in [7, 11) is 3.26. The van der Waals surface area contributed by atoms with E-state index in [1.54, 1.807) is 25.6 Å². The molecule has 25 heavy (non-hydrogen) atoms. The van der Waals surface area contributed by atoms with Gasteiger partial charge in [-0.1, -0.05) is 19.9 Å². The number of aliphatic imine (C=N–C) groups is 1. The van der Waals surface area contributed by atoms with Crippen LogP contribution in [0.15, 0.2) is 28.6 Å². The summed E-state index contributed by atoms with van der Waals surface area (Å²) in [6, 6.07) is 5.88. The summed E-state index contributed by atoms with van der Waals surface area (Å²) in [6.45, 7) is 5.46. The number of nitrogens with one attached hydrogen (secondary N) is 1. The molecule has 7 heteroatoms. The molecule has 3 N–H and O–H groups in total. The van der Waals surface area contributed by atoms with Crippen LogP contribution in [0.4, 0.5) is 0 Å². The highest BCUT2D eigenvalue weighted by atomic mass is 32.1. The van der Waals surface area contributed by atoms with Crippen molar-refractivity contribution in [1.29, 1.82) is 0 Å². The van der Waals surface area contributed by atoms with E-state index in [2.05, 4.69) is 29.1 Å². The van der Waals surface area contributed by atoms with E-state index in [0.717, 1.165) is 34.2 Å². The van der Waals surface area contributed by atoms with Gasteiger partial charge < -0.3 is 20.5 Å². The van der Waals surface area contributed by atoms with E-state index >= 15 is 0 Å². The van der Waals surface area contributed by atoms with Crippen LogP contribution in [0.5, 0.6) is 11.5 Å². The van der Waals surface area contributed by atoms with Crippen molar-refractivity contribution in [1.82, 2.24) is 10.3 Å². The fourth-order valence-electron chi connectivity index (χ4n) is 2.25. The van der Waals surface area contributed by atoms with Gasteiger partial charge in [0.2, 0.25) is 0 Å². The van der Waals surface area contributed by atoms with E-state index in [0.29, 0.717) is 25.0 Å². The number of thiazole rings is 1. The Morgan fingerprint density at radius 2 is 2.04 bits per heavy atom. The number of aromatic nitrogens is 1. The van der Waals surface area contributed by atoms with Crippen LogP contribution in [0.25, 0.3) is 0 Å². The molecular formula is C18H26N4O2S. The predicted octanol–water partition coefficient (Wildman–Crippen LogP) is 2.93. The molecule has 1 aromatic heterocycles. The number of nitrogens with zero attached hydrogens (tertiary/aromatic N) is 2. The Balaban J connectivity index is 1.82. The van der Waals surface area contributed by atoms with Crippen LogP contribution in [-0.4, -0.2) is 31.7 Å². The first-order chi connectivity index (χ1) is 12.0. The molecule has 0 amide bonds. The smallest absolute Gasteiger partial charge is 0.188 e. The van der Waals surface area contributed by atoms with Gasteiger partial charge >= 0.3 is 0 Å². The quantitative estimate of drug-likeness (QED) is 0.557.